The minimum Gasteiger partial charge on any atom is -0.493 e. The van der Waals surface area contributed by atoms with Gasteiger partial charge in [0.25, 0.3) is 5.56 Å². The highest BCUT2D eigenvalue weighted by Gasteiger charge is 2.34. The zero-order chi connectivity index (χ0) is 32.4. The van der Waals surface area contributed by atoms with Gasteiger partial charge in [-0.05, 0) is 82.1 Å². The van der Waals surface area contributed by atoms with Gasteiger partial charge in [-0.1, -0.05) is 23.5 Å². The molecule has 1 atom stereocenters. The van der Waals surface area contributed by atoms with Gasteiger partial charge in [0, 0.05) is 11.6 Å². The number of aryl methyl sites for hydroxylation is 1. The van der Waals surface area contributed by atoms with Crippen LogP contribution < -0.4 is 24.4 Å². The van der Waals surface area contributed by atoms with Crippen LogP contribution in [0.2, 0.25) is 0 Å². The van der Waals surface area contributed by atoms with Gasteiger partial charge in [-0.3, -0.25) is 9.36 Å². The average molecular weight is 631 g/mol. The molecule has 1 aliphatic heterocycles. The molecule has 0 radical (unpaired) electrons. The second-order valence-corrected chi connectivity index (χ2v) is 11.6. The molecule has 11 heteroatoms. The third-order valence-electron chi connectivity index (χ3n) is 7.20. The van der Waals surface area contributed by atoms with Crippen molar-refractivity contribution in [2.75, 3.05) is 20.8 Å². The standard InChI is InChI=1S/C34H34N2O8S/c1-8-42-33(39)29-20(5)35-34-36(30(29)21-10-13-26(43-18(2)3)27(16-21)40-6)31(37)28(45-34)17-23-11-14-25(44-23)24-12-9-22(15-19(24)4)32(38)41-7/h9-18,30H,8H2,1-7H3/b28-17-/t30-/m0/s1. The van der Waals surface area contributed by atoms with E-state index >= 15 is 0 Å². The van der Waals surface area contributed by atoms with Gasteiger partial charge >= 0.3 is 11.9 Å². The predicted molar refractivity (Wildman–Crippen MR) is 169 cm³/mol. The highest BCUT2D eigenvalue weighted by atomic mass is 32.1. The Morgan fingerprint density at radius 1 is 1.04 bits per heavy atom. The highest BCUT2D eigenvalue weighted by molar-refractivity contribution is 7.07. The van der Waals surface area contributed by atoms with Crippen LogP contribution in [-0.4, -0.2) is 43.4 Å². The number of furan rings is 1. The maximum atomic E-state index is 14.0. The Hall–Kier alpha value is -4.90. The van der Waals surface area contributed by atoms with Gasteiger partial charge in [-0.2, -0.15) is 0 Å². The first-order chi connectivity index (χ1) is 21.6. The third-order valence-corrected chi connectivity index (χ3v) is 8.18. The molecular weight excluding hydrogens is 596 g/mol. The molecular formula is C34H34N2O8S. The summed E-state index contributed by atoms with van der Waals surface area (Å²) in [5.74, 6) is 1.09. The van der Waals surface area contributed by atoms with E-state index in [0.29, 0.717) is 49.2 Å². The highest BCUT2D eigenvalue weighted by Crippen LogP contribution is 2.36. The Morgan fingerprint density at radius 2 is 1.82 bits per heavy atom. The molecule has 0 spiro atoms. The molecule has 0 amide bonds. The van der Waals surface area contributed by atoms with Crippen molar-refractivity contribution in [3.8, 4) is 22.8 Å². The second kappa shape index (κ2) is 13.0. The Balaban J connectivity index is 1.61. The lowest BCUT2D eigenvalue weighted by Crippen LogP contribution is -2.40. The Bertz CT molecular complexity index is 2000. The van der Waals surface area contributed by atoms with Gasteiger partial charge in [-0.15, -0.1) is 0 Å². The number of thiazole rings is 1. The maximum absolute atomic E-state index is 14.0. The SMILES string of the molecule is CCOC(=O)C1=C(C)N=c2s/c(=C\c3ccc(-c4ccc(C(=O)OC)cc4C)o3)c(=O)n2[C@H]1c1ccc(OC(C)C)c(OC)c1. The number of esters is 2. The fraction of sp³-hybridized carbons (Fsp3) is 0.294. The molecule has 3 heterocycles. The monoisotopic (exact) mass is 630 g/mol. The fourth-order valence-corrected chi connectivity index (χ4v) is 6.23. The molecule has 2 aromatic carbocycles. The lowest BCUT2D eigenvalue weighted by Gasteiger charge is -2.25. The zero-order valence-corrected chi connectivity index (χ0v) is 26.9. The van der Waals surface area contributed by atoms with Crippen LogP contribution in [0.25, 0.3) is 17.4 Å². The number of rotatable bonds is 9. The molecule has 0 fully saturated rings. The summed E-state index contributed by atoms with van der Waals surface area (Å²) in [5, 5.41) is 0. The van der Waals surface area contributed by atoms with E-state index in [9.17, 15) is 14.4 Å². The van der Waals surface area contributed by atoms with E-state index in [1.165, 1.54) is 30.1 Å². The van der Waals surface area contributed by atoms with Crippen LogP contribution in [0.1, 0.15) is 61.0 Å². The number of ether oxygens (including phenoxy) is 4. The number of hydrogen-bond donors (Lipinski definition) is 0. The first kappa shape index (κ1) is 31.5. The van der Waals surface area contributed by atoms with Crippen molar-refractivity contribution in [2.45, 2.75) is 46.8 Å². The summed E-state index contributed by atoms with van der Waals surface area (Å²) in [6.07, 6.45) is 1.58. The van der Waals surface area contributed by atoms with Crippen molar-refractivity contribution in [3.63, 3.8) is 0 Å². The van der Waals surface area contributed by atoms with Crippen LogP contribution in [0.3, 0.4) is 0 Å². The van der Waals surface area contributed by atoms with Gasteiger partial charge in [0.05, 0.1) is 54.3 Å². The quantitative estimate of drug-likeness (QED) is 0.239. The fourth-order valence-electron chi connectivity index (χ4n) is 5.20. The van der Waals surface area contributed by atoms with Crippen molar-refractivity contribution in [2.24, 2.45) is 4.99 Å². The largest absolute Gasteiger partial charge is 0.493 e. The van der Waals surface area contributed by atoms with Crippen molar-refractivity contribution in [1.82, 2.24) is 4.57 Å². The van der Waals surface area contributed by atoms with E-state index in [-0.39, 0.29) is 23.8 Å². The van der Waals surface area contributed by atoms with Crippen LogP contribution in [0, 0.1) is 6.92 Å². The van der Waals surface area contributed by atoms with E-state index in [2.05, 4.69) is 4.99 Å². The topological polar surface area (TPSA) is 119 Å². The molecule has 0 saturated heterocycles. The van der Waals surface area contributed by atoms with Gasteiger partial charge in [-0.25, -0.2) is 14.6 Å². The number of methoxy groups -OCH3 is 2. The summed E-state index contributed by atoms with van der Waals surface area (Å²) in [6, 6.07) is 13.3. The zero-order valence-electron chi connectivity index (χ0n) is 26.1. The lowest BCUT2D eigenvalue weighted by atomic mass is 9.95. The van der Waals surface area contributed by atoms with Crippen LogP contribution >= 0.6 is 11.3 Å². The summed E-state index contributed by atoms with van der Waals surface area (Å²) in [6.45, 7) is 9.34. The number of aromatic nitrogens is 1. The molecule has 1 aliphatic rings. The maximum Gasteiger partial charge on any atom is 0.338 e. The normalized spacial score (nSPS) is 14.7. The molecule has 0 bridgehead atoms. The van der Waals surface area contributed by atoms with Crippen molar-refractivity contribution in [1.29, 1.82) is 0 Å². The van der Waals surface area contributed by atoms with Gasteiger partial charge < -0.3 is 23.4 Å². The lowest BCUT2D eigenvalue weighted by molar-refractivity contribution is -0.139. The Kier molecular flexibility index (Phi) is 9.10. The first-order valence-corrected chi connectivity index (χ1v) is 15.2. The average Bonchev–Trinajstić information content (AvgIpc) is 3.59. The number of benzene rings is 2. The molecule has 2 aromatic heterocycles. The van der Waals surface area contributed by atoms with E-state index in [0.717, 1.165) is 11.1 Å². The first-order valence-electron chi connectivity index (χ1n) is 14.4. The van der Waals surface area contributed by atoms with E-state index in [1.807, 2.05) is 32.9 Å². The molecule has 0 N–H and O–H groups in total. The smallest absolute Gasteiger partial charge is 0.338 e. The van der Waals surface area contributed by atoms with Gasteiger partial charge in [0.15, 0.2) is 16.3 Å². The van der Waals surface area contributed by atoms with Crippen LogP contribution in [-0.2, 0) is 14.3 Å². The summed E-state index contributed by atoms with van der Waals surface area (Å²) < 4.78 is 29.7. The number of carbonyl (C=O) groups excluding carboxylic acids is 2. The molecule has 5 rings (SSSR count). The van der Waals surface area contributed by atoms with Crippen LogP contribution in [0.4, 0.5) is 0 Å². The Labute approximate surface area is 263 Å². The van der Waals surface area contributed by atoms with E-state index < -0.39 is 18.0 Å². The second-order valence-electron chi connectivity index (χ2n) is 10.6. The summed E-state index contributed by atoms with van der Waals surface area (Å²) in [4.78, 5) is 44.3. The number of allylic oxidation sites excluding steroid dienone is 1. The minimum atomic E-state index is -0.812. The van der Waals surface area contributed by atoms with Crippen LogP contribution in [0.5, 0.6) is 11.5 Å². The predicted octanol–water partition coefficient (Wildman–Crippen LogP) is 4.95. The molecule has 234 valence electrons. The van der Waals surface area contributed by atoms with E-state index in [1.54, 1.807) is 56.3 Å². The summed E-state index contributed by atoms with van der Waals surface area (Å²) >= 11 is 1.20. The van der Waals surface area contributed by atoms with Crippen LogP contribution in [0.15, 0.2) is 74.0 Å². The summed E-state index contributed by atoms with van der Waals surface area (Å²) in [5.41, 5.74) is 3.10. The number of hydrogen-bond acceptors (Lipinski definition) is 10. The van der Waals surface area contributed by atoms with Gasteiger partial charge in [0.2, 0.25) is 0 Å². The minimum absolute atomic E-state index is 0.0788. The molecule has 0 aliphatic carbocycles. The number of nitrogens with zero attached hydrogens (tertiary/aromatic N) is 2. The summed E-state index contributed by atoms with van der Waals surface area (Å²) in [7, 11) is 2.88. The van der Waals surface area contributed by atoms with Crippen molar-refractivity contribution < 1.29 is 33.0 Å². The Morgan fingerprint density at radius 3 is 2.49 bits per heavy atom. The van der Waals surface area contributed by atoms with Crippen molar-refractivity contribution in [3.05, 3.63) is 102 Å². The van der Waals surface area contributed by atoms with E-state index in [4.69, 9.17) is 23.4 Å². The molecule has 10 nitrogen and oxygen atoms in total. The molecule has 0 unspecified atom stereocenters. The molecule has 0 saturated carbocycles. The van der Waals surface area contributed by atoms with Crippen molar-refractivity contribution >= 4 is 29.4 Å². The number of fused-ring (bicyclic) bond motifs is 1. The number of carbonyl (C=O) groups is 2. The molecule has 4 aromatic rings. The molecule has 45 heavy (non-hydrogen) atoms. The van der Waals surface area contributed by atoms with Gasteiger partial charge in [0.1, 0.15) is 11.5 Å². The third kappa shape index (κ3) is 6.21.